The van der Waals surface area contributed by atoms with E-state index in [1.165, 1.54) is 10.6 Å². The van der Waals surface area contributed by atoms with Crippen LogP contribution in [0.4, 0.5) is 13.2 Å². The third kappa shape index (κ3) is 1.68. The standard InChI is InChI=1S/C9H7F3N2O/c10-9(11,12)8(15)6-5-13-7-3-1-2-4-14(6)7/h1-5,8,15H. The Kier molecular flexibility index (Phi) is 2.15. The quantitative estimate of drug-likeness (QED) is 0.790. The maximum atomic E-state index is 12.2. The summed E-state index contributed by atoms with van der Waals surface area (Å²) in [5.74, 6) is 0. The summed E-state index contributed by atoms with van der Waals surface area (Å²) in [7, 11) is 0. The van der Waals surface area contributed by atoms with Crippen LogP contribution in [0.1, 0.15) is 11.8 Å². The van der Waals surface area contributed by atoms with Gasteiger partial charge in [0.15, 0.2) is 6.10 Å². The van der Waals surface area contributed by atoms with Crippen LogP contribution in [0.15, 0.2) is 30.6 Å². The van der Waals surface area contributed by atoms with Crippen molar-refractivity contribution in [3.63, 3.8) is 0 Å². The highest BCUT2D eigenvalue weighted by atomic mass is 19.4. The molecule has 0 aromatic carbocycles. The SMILES string of the molecule is OC(c1cnc2ccccn12)C(F)(F)F. The molecule has 0 fully saturated rings. The van der Waals surface area contributed by atoms with Crippen LogP contribution in [0.25, 0.3) is 5.65 Å². The molecule has 15 heavy (non-hydrogen) atoms. The largest absolute Gasteiger partial charge is 0.420 e. The number of pyridine rings is 1. The van der Waals surface area contributed by atoms with E-state index in [-0.39, 0.29) is 5.69 Å². The van der Waals surface area contributed by atoms with Crippen LogP contribution in [0.3, 0.4) is 0 Å². The summed E-state index contributed by atoms with van der Waals surface area (Å²) in [5, 5.41) is 9.06. The molecule has 1 N–H and O–H groups in total. The first-order valence-corrected chi connectivity index (χ1v) is 4.17. The first-order chi connectivity index (χ1) is 7.00. The topological polar surface area (TPSA) is 37.5 Å². The second-order valence-corrected chi connectivity index (χ2v) is 3.06. The van der Waals surface area contributed by atoms with E-state index in [2.05, 4.69) is 4.98 Å². The van der Waals surface area contributed by atoms with Crippen molar-refractivity contribution in [2.45, 2.75) is 12.3 Å². The van der Waals surface area contributed by atoms with Gasteiger partial charge in [0.05, 0.1) is 11.9 Å². The zero-order chi connectivity index (χ0) is 11.1. The van der Waals surface area contributed by atoms with Crippen LogP contribution in [0.2, 0.25) is 0 Å². The molecule has 80 valence electrons. The smallest absolute Gasteiger partial charge is 0.378 e. The number of halogens is 3. The van der Waals surface area contributed by atoms with Crippen LogP contribution >= 0.6 is 0 Å². The summed E-state index contributed by atoms with van der Waals surface area (Å²) >= 11 is 0. The predicted molar refractivity (Wildman–Crippen MR) is 46.2 cm³/mol. The predicted octanol–water partition coefficient (Wildman–Crippen LogP) is 1.93. The molecule has 3 nitrogen and oxygen atoms in total. The van der Waals surface area contributed by atoms with Crippen LogP contribution in [0.5, 0.6) is 0 Å². The summed E-state index contributed by atoms with van der Waals surface area (Å²) in [6, 6.07) is 4.79. The van der Waals surface area contributed by atoms with E-state index in [0.717, 1.165) is 6.20 Å². The van der Waals surface area contributed by atoms with Crippen molar-refractivity contribution in [3.8, 4) is 0 Å². The molecule has 0 saturated heterocycles. The van der Waals surface area contributed by atoms with Crippen molar-refractivity contribution >= 4 is 5.65 Å². The minimum absolute atomic E-state index is 0.280. The molecule has 2 rings (SSSR count). The molecular formula is C9H7F3N2O. The first kappa shape index (κ1) is 9.97. The summed E-state index contributed by atoms with van der Waals surface area (Å²) in [4.78, 5) is 3.76. The molecule has 1 atom stereocenters. The Balaban J connectivity index is 2.53. The lowest BCUT2D eigenvalue weighted by Gasteiger charge is -2.13. The number of alkyl halides is 3. The zero-order valence-electron chi connectivity index (χ0n) is 7.44. The molecule has 2 heterocycles. The summed E-state index contributed by atoms with van der Waals surface area (Å²) in [6.07, 6.45) is -4.73. The molecular weight excluding hydrogens is 209 g/mol. The average Bonchev–Trinajstić information content (AvgIpc) is 2.58. The number of rotatable bonds is 1. The zero-order valence-corrected chi connectivity index (χ0v) is 7.44. The lowest BCUT2D eigenvalue weighted by molar-refractivity contribution is -0.208. The molecule has 6 heteroatoms. The number of imidazole rings is 1. The molecule has 0 spiro atoms. The van der Waals surface area contributed by atoms with Gasteiger partial charge in [-0.05, 0) is 12.1 Å². The van der Waals surface area contributed by atoms with Crippen LogP contribution < -0.4 is 0 Å². The molecule has 0 radical (unpaired) electrons. The van der Waals surface area contributed by atoms with Gasteiger partial charge in [0.2, 0.25) is 0 Å². The van der Waals surface area contributed by atoms with Gasteiger partial charge in [0.1, 0.15) is 5.65 Å². The van der Waals surface area contributed by atoms with Crippen molar-refractivity contribution in [1.82, 2.24) is 9.38 Å². The number of aliphatic hydroxyl groups is 1. The maximum Gasteiger partial charge on any atom is 0.420 e. The van der Waals surface area contributed by atoms with E-state index >= 15 is 0 Å². The molecule has 2 aromatic heterocycles. The normalized spacial score (nSPS) is 14.4. The van der Waals surface area contributed by atoms with Crippen LogP contribution in [0, 0.1) is 0 Å². The number of hydrogen-bond acceptors (Lipinski definition) is 2. The Bertz CT molecular complexity index is 477. The van der Waals surface area contributed by atoms with E-state index in [1.807, 2.05) is 0 Å². The van der Waals surface area contributed by atoms with E-state index in [4.69, 9.17) is 5.11 Å². The number of nitrogens with zero attached hydrogens (tertiary/aromatic N) is 2. The van der Waals surface area contributed by atoms with Crippen molar-refractivity contribution in [2.24, 2.45) is 0 Å². The summed E-state index contributed by atoms with van der Waals surface area (Å²) < 4.78 is 38.0. The Labute approximate surface area is 82.8 Å². The van der Waals surface area contributed by atoms with Gasteiger partial charge in [0.25, 0.3) is 0 Å². The van der Waals surface area contributed by atoms with Gasteiger partial charge in [-0.25, -0.2) is 4.98 Å². The van der Waals surface area contributed by atoms with E-state index < -0.39 is 12.3 Å². The fraction of sp³-hybridized carbons (Fsp3) is 0.222. The molecule has 1 unspecified atom stereocenters. The van der Waals surface area contributed by atoms with Gasteiger partial charge in [-0.3, -0.25) is 0 Å². The van der Waals surface area contributed by atoms with Crippen molar-refractivity contribution in [3.05, 3.63) is 36.3 Å². The highest BCUT2D eigenvalue weighted by Gasteiger charge is 2.41. The second kappa shape index (κ2) is 3.23. The van der Waals surface area contributed by atoms with Gasteiger partial charge >= 0.3 is 6.18 Å². The van der Waals surface area contributed by atoms with Crippen molar-refractivity contribution in [1.29, 1.82) is 0 Å². The van der Waals surface area contributed by atoms with Crippen molar-refractivity contribution < 1.29 is 18.3 Å². The minimum atomic E-state index is -4.67. The number of fused-ring (bicyclic) bond motifs is 1. The lowest BCUT2D eigenvalue weighted by Crippen LogP contribution is -2.21. The number of hydrogen-bond donors (Lipinski definition) is 1. The van der Waals surface area contributed by atoms with Crippen LogP contribution in [-0.2, 0) is 0 Å². The van der Waals surface area contributed by atoms with Gasteiger partial charge < -0.3 is 9.51 Å². The Morgan fingerprint density at radius 2 is 2.07 bits per heavy atom. The second-order valence-electron chi connectivity index (χ2n) is 3.06. The highest BCUT2D eigenvalue weighted by molar-refractivity contribution is 5.40. The molecule has 2 aromatic rings. The summed E-state index contributed by atoms with van der Waals surface area (Å²) in [6.45, 7) is 0. The van der Waals surface area contributed by atoms with Gasteiger partial charge in [-0.1, -0.05) is 6.07 Å². The van der Waals surface area contributed by atoms with Gasteiger partial charge in [0, 0.05) is 6.20 Å². The first-order valence-electron chi connectivity index (χ1n) is 4.17. The maximum absolute atomic E-state index is 12.2. The highest BCUT2D eigenvalue weighted by Crippen LogP contribution is 2.32. The molecule has 0 amide bonds. The molecule has 0 aliphatic heterocycles. The van der Waals surface area contributed by atoms with Crippen LogP contribution in [-0.4, -0.2) is 20.7 Å². The molecule has 0 aliphatic carbocycles. The van der Waals surface area contributed by atoms with E-state index in [0.29, 0.717) is 5.65 Å². The third-order valence-corrected chi connectivity index (χ3v) is 2.04. The van der Waals surface area contributed by atoms with Crippen molar-refractivity contribution in [2.75, 3.05) is 0 Å². The van der Waals surface area contributed by atoms with E-state index in [1.54, 1.807) is 18.2 Å². The number of aromatic nitrogens is 2. The average molecular weight is 216 g/mol. The molecule has 0 saturated carbocycles. The van der Waals surface area contributed by atoms with Gasteiger partial charge in [-0.2, -0.15) is 13.2 Å². The summed E-state index contributed by atoms with van der Waals surface area (Å²) in [5.41, 5.74) is 0.0916. The number of aliphatic hydroxyl groups excluding tert-OH is 1. The lowest BCUT2D eigenvalue weighted by atomic mass is 10.2. The monoisotopic (exact) mass is 216 g/mol. The fourth-order valence-electron chi connectivity index (χ4n) is 1.32. The third-order valence-electron chi connectivity index (χ3n) is 2.04. The minimum Gasteiger partial charge on any atom is -0.378 e. The van der Waals surface area contributed by atoms with E-state index in [9.17, 15) is 13.2 Å². The Morgan fingerprint density at radius 3 is 2.73 bits per heavy atom. The fourth-order valence-corrected chi connectivity index (χ4v) is 1.32. The Hall–Kier alpha value is -1.56. The molecule has 0 aliphatic rings. The van der Waals surface area contributed by atoms with Gasteiger partial charge in [-0.15, -0.1) is 0 Å². The Morgan fingerprint density at radius 1 is 1.33 bits per heavy atom. The molecule has 0 bridgehead atoms.